The molecule has 0 aromatic carbocycles. The highest BCUT2D eigenvalue weighted by molar-refractivity contribution is 7.32. The van der Waals surface area contributed by atoms with Crippen LogP contribution in [0.5, 0.6) is 0 Å². The summed E-state index contributed by atoms with van der Waals surface area (Å²) in [6, 6.07) is 8.18. The molecule has 0 saturated heterocycles. The second-order valence-electron chi connectivity index (χ2n) is 14.7. The van der Waals surface area contributed by atoms with Crippen LogP contribution in [0, 0.1) is 40.6 Å². The summed E-state index contributed by atoms with van der Waals surface area (Å²) in [6.45, 7) is 12.0. The van der Waals surface area contributed by atoms with Crippen LogP contribution in [0.25, 0.3) is 53.5 Å². The monoisotopic (exact) mass is 814 g/mol. The van der Waals surface area contributed by atoms with Gasteiger partial charge in [0.15, 0.2) is 5.57 Å². The number of hydrogen-bond acceptors (Lipinski definition) is 10. The number of aromatic nitrogens is 2. The van der Waals surface area contributed by atoms with Gasteiger partial charge < -0.3 is 4.57 Å². The van der Waals surface area contributed by atoms with Crippen molar-refractivity contribution in [3.63, 3.8) is 0 Å². The maximum absolute atomic E-state index is 13.8. The molecule has 2 fully saturated rings. The van der Waals surface area contributed by atoms with E-state index in [9.17, 15) is 25.4 Å². The van der Waals surface area contributed by atoms with Crippen LogP contribution in [-0.2, 0) is 23.9 Å². The molecule has 0 N–H and O–H groups in total. The number of rotatable bonds is 4. The second-order valence-corrected chi connectivity index (χ2v) is 19.9. The Kier molecular flexibility index (Phi) is 8.89. The molecule has 2 spiro atoms. The third-order valence-electron chi connectivity index (χ3n) is 12.1. The molecule has 13 heteroatoms. The van der Waals surface area contributed by atoms with E-state index >= 15 is 0 Å². The Morgan fingerprint density at radius 3 is 1.98 bits per heavy atom. The van der Waals surface area contributed by atoms with Crippen LogP contribution in [0.4, 0.5) is 0 Å². The number of nitrogens with zero attached hydrogens (tertiary/aromatic N) is 6. The zero-order chi connectivity index (χ0) is 38.2. The fourth-order valence-electron chi connectivity index (χ4n) is 9.78. The smallest absolute Gasteiger partial charge is 0.294 e. The Morgan fingerprint density at radius 1 is 0.764 bits per heavy atom. The summed E-state index contributed by atoms with van der Waals surface area (Å²) in [5, 5.41) is 28.9. The molecule has 4 aliphatic rings. The molecular formula is C42H34N6O2S5. The Balaban J connectivity index is 1.23. The highest BCUT2D eigenvalue weighted by Crippen LogP contribution is 2.69. The van der Waals surface area contributed by atoms with Gasteiger partial charge in [-0.25, -0.2) is 10.1 Å². The molecule has 0 amide bonds. The number of thiazole rings is 2. The summed E-state index contributed by atoms with van der Waals surface area (Å²) in [7, 11) is 0. The van der Waals surface area contributed by atoms with Crippen LogP contribution in [-0.4, -0.2) is 9.13 Å². The van der Waals surface area contributed by atoms with E-state index in [-0.39, 0.29) is 33.2 Å². The van der Waals surface area contributed by atoms with Crippen molar-refractivity contribution in [3.05, 3.63) is 88.6 Å². The van der Waals surface area contributed by atoms with Gasteiger partial charge in [-0.1, -0.05) is 38.5 Å². The van der Waals surface area contributed by atoms with Gasteiger partial charge in [0.2, 0.25) is 0 Å². The van der Waals surface area contributed by atoms with Crippen LogP contribution in [0.1, 0.15) is 105 Å². The van der Waals surface area contributed by atoms with E-state index in [1.165, 1.54) is 99.2 Å². The molecule has 8 nitrogen and oxygen atoms in total. The van der Waals surface area contributed by atoms with Gasteiger partial charge in [-0.2, -0.15) is 10.5 Å². The molecule has 0 unspecified atom stereocenters. The fraction of sp³-hybridized carbons (Fsp3) is 0.381. The third-order valence-corrected chi connectivity index (χ3v) is 18.0. The number of allylic oxidation sites excluding steroid dienone is 1. The van der Waals surface area contributed by atoms with Gasteiger partial charge in [0.1, 0.15) is 21.5 Å². The standard InChI is InChI=1S/C42H34N6O2S5/c1-4-47-37(49)29(54-39(47)23(20-43)21-44)17-24-16-27-31(41(24)12-8-6-9-13-41)32-35(52-27)36-33(42(32)14-10-7-11-15-42)34-28(53-36)18-25(51-34)19-30-38(50)48(5-2)40(55-30)26(22-45)46-3/h16-19H,4-15H2,1-2H3/b29-17-,30-19-,40-26-. The molecule has 274 valence electrons. The Morgan fingerprint density at radius 2 is 1.36 bits per heavy atom. The predicted molar refractivity (Wildman–Crippen MR) is 225 cm³/mol. The lowest BCUT2D eigenvalue weighted by Gasteiger charge is -2.42. The first kappa shape index (κ1) is 36.1. The summed E-state index contributed by atoms with van der Waals surface area (Å²) in [4.78, 5) is 35.7. The molecule has 5 aromatic heterocycles. The van der Waals surface area contributed by atoms with Crippen LogP contribution in [0.2, 0.25) is 0 Å². The Bertz CT molecular complexity index is 3040. The van der Waals surface area contributed by atoms with Crippen molar-refractivity contribution in [3.8, 4) is 28.0 Å². The highest BCUT2D eigenvalue weighted by atomic mass is 32.1. The summed E-state index contributed by atoms with van der Waals surface area (Å²) in [5.74, 6) is 0. The van der Waals surface area contributed by atoms with Crippen molar-refractivity contribution < 1.29 is 0 Å². The topological polar surface area (TPSA) is 120 Å². The van der Waals surface area contributed by atoms with Gasteiger partial charge >= 0.3 is 0 Å². The first-order valence-electron chi connectivity index (χ1n) is 18.7. The van der Waals surface area contributed by atoms with Crippen LogP contribution in [0.3, 0.4) is 0 Å². The first-order chi connectivity index (χ1) is 26.8. The highest BCUT2D eigenvalue weighted by Gasteiger charge is 2.55. The first-order valence-corrected chi connectivity index (χ1v) is 22.8. The Hall–Kier alpha value is -4.60. The average Bonchev–Trinajstić information content (AvgIpc) is 4.05. The molecule has 5 heterocycles. The van der Waals surface area contributed by atoms with Gasteiger partial charge in [0.25, 0.3) is 16.8 Å². The van der Waals surface area contributed by atoms with E-state index in [0.717, 1.165) is 43.4 Å². The zero-order valence-electron chi connectivity index (χ0n) is 30.3. The SMILES string of the molecule is [C-]#[N+]/C(C#N)=c1\s/c(=C\c2cc3sc4c(c3s2)C2(CCCCC2)c2c-4sc3c2C2(CCCCC2)C(/C=c2\sc(=C(C#N)C#N)n(CC)c2=O)=C3)c(=O)n1CC. The summed E-state index contributed by atoms with van der Waals surface area (Å²) >= 11 is 8.03. The van der Waals surface area contributed by atoms with Gasteiger partial charge in [0.05, 0.1) is 31.3 Å². The molecule has 0 atom stereocenters. The quantitative estimate of drug-likeness (QED) is 0.175. The predicted octanol–water partition coefficient (Wildman–Crippen LogP) is 7.40. The summed E-state index contributed by atoms with van der Waals surface area (Å²) < 4.78 is 7.62. The lowest BCUT2D eigenvalue weighted by Crippen LogP contribution is -2.36. The van der Waals surface area contributed by atoms with Crippen molar-refractivity contribution in [2.24, 2.45) is 0 Å². The van der Waals surface area contributed by atoms with Crippen LogP contribution < -0.4 is 29.5 Å². The normalized spacial score (nSPS) is 18.8. The lowest BCUT2D eigenvalue weighted by molar-refractivity contribution is 0.327. The van der Waals surface area contributed by atoms with E-state index < -0.39 is 0 Å². The van der Waals surface area contributed by atoms with E-state index in [1.54, 1.807) is 15.9 Å². The van der Waals surface area contributed by atoms with Crippen molar-refractivity contribution in [2.75, 3.05) is 0 Å². The minimum atomic E-state index is -0.185. The molecule has 0 radical (unpaired) electrons. The molecule has 0 bridgehead atoms. The van der Waals surface area contributed by atoms with Crippen molar-refractivity contribution >= 4 is 95.6 Å². The average molecular weight is 815 g/mol. The van der Waals surface area contributed by atoms with Gasteiger partial charge in [-0.05, 0) is 80.5 Å². The Labute approximate surface area is 336 Å². The molecular weight excluding hydrogens is 781 g/mol. The largest absolute Gasteiger partial charge is 0.307 e. The van der Waals surface area contributed by atoms with E-state index in [1.807, 2.05) is 60.8 Å². The zero-order valence-corrected chi connectivity index (χ0v) is 34.4. The number of fused-ring (bicyclic) bond motifs is 10. The molecule has 5 aromatic rings. The summed E-state index contributed by atoms with van der Waals surface area (Å²) in [5.41, 5.74) is 5.03. The number of thiophene rings is 3. The molecule has 55 heavy (non-hydrogen) atoms. The van der Waals surface area contributed by atoms with Crippen LogP contribution in [0.15, 0.2) is 21.2 Å². The van der Waals surface area contributed by atoms with E-state index in [4.69, 9.17) is 6.57 Å². The van der Waals surface area contributed by atoms with Crippen molar-refractivity contribution in [2.45, 2.75) is 102 Å². The third kappa shape index (κ3) is 5.11. The van der Waals surface area contributed by atoms with Gasteiger partial charge in [0, 0.05) is 48.8 Å². The fourth-order valence-corrected chi connectivity index (χ4v) is 16.4. The summed E-state index contributed by atoms with van der Waals surface area (Å²) in [6.07, 6.45) is 17.7. The molecule has 0 aliphatic heterocycles. The van der Waals surface area contributed by atoms with Gasteiger partial charge in [-0.15, -0.1) is 56.7 Å². The van der Waals surface area contributed by atoms with Crippen molar-refractivity contribution in [1.82, 2.24) is 9.13 Å². The molecule has 2 saturated carbocycles. The van der Waals surface area contributed by atoms with Crippen molar-refractivity contribution in [1.29, 1.82) is 15.8 Å². The second kappa shape index (κ2) is 13.6. The minimum absolute atomic E-state index is 0.0238. The minimum Gasteiger partial charge on any atom is -0.307 e. The number of hydrogen-bond donors (Lipinski definition) is 0. The van der Waals surface area contributed by atoms with E-state index in [0.29, 0.717) is 31.5 Å². The maximum Gasteiger partial charge on any atom is 0.294 e. The van der Waals surface area contributed by atoms with E-state index in [2.05, 4.69) is 23.1 Å². The maximum atomic E-state index is 13.8. The molecule has 4 aliphatic carbocycles. The molecule has 9 rings (SSSR count). The van der Waals surface area contributed by atoms with Crippen LogP contribution >= 0.6 is 56.7 Å². The number of nitriles is 3. The lowest BCUT2D eigenvalue weighted by atomic mass is 9.61. The van der Waals surface area contributed by atoms with Gasteiger partial charge in [-0.3, -0.25) is 14.2 Å².